The standard InChI is InChI=1S/C15H19F3N4O2/c1-9(4-2-3-7-19)20-12-8-10(13-21-22-14(23)24-13)5-6-11(12)15(16,17)18/h5-6,8-9,20H,2-4,7,19H2,1H3,(H,22,23). The molecule has 0 amide bonds. The van der Waals surface area contributed by atoms with Gasteiger partial charge < -0.3 is 15.5 Å². The summed E-state index contributed by atoms with van der Waals surface area (Å²) in [6.07, 6.45) is -2.17. The monoisotopic (exact) mass is 344 g/mol. The van der Waals surface area contributed by atoms with Crippen molar-refractivity contribution in [2.75, 3.05) is 11.9 Å². The van der Waals surface area contributed by atoms with Crippen molar-refractivity contribution in [1.29, 1.82) is 0 Å². The van der Waals surface area contributed by atoms with Gasteiger partial charge in [0.15, 0.2) is 0 Å². The van der Waals surface area contributed by atoms with Gasteiger partial charge in [-0.1, -0.05) is 6.42 Å². The number of hydrogen-bond donors (Lipinski definition) is 3. The Labute approximate surface area is 136 Å². The molecule has 0 radical (unpaired) electrons. The molecule has 2 rings (SSSR count). The number of unbranched alkanes of at least 4 members (excludes halogenated alkanes) is 1. The molecule has 1 atom stereocenters. The predicted octanol–water partition coefficient (Wildman–Crippen LogP) is 2.98. The number of nitrogens with zero attached hydrogens (tertiary/aromatic N) is 1. The fourth-order valence-electron chi connectivity index (χ4n) is 2.33. The smallest absolute Gasteiger partial charge is 0.388 e. The third-order valence-electron chi connectivity index (χ3n) is 3.50. The van der Waals surface area contributed by atoms with Crippen LogP contribution < -0.4 is 16.8 Å². The maximum atomic E-state index is 13.2. The van der Waals surface area contributed by atoms with E-state index in [0.29, 0.717) is 13.0 Å². The molecule has 4 N–H and O–H groups in total. The Morgan fingerprint density at radius 2 is 2.12 bits per heavy atom. The van der Waals surface area contributed by atoms with Gasteiger partial charge in [0, 0.05) is 17.3 Å². The molecule has 2 aromatic rings. The van der Waals surface area contributed by atoms with Gasteiger partial charge >= 0.3 is 11.9 Å². The second-order valence-electron chi connectivity index (χ2n) is 5.51. The highest BCUT2D eigenvalue weighted by atomic mass is 19.4. The van der Waals surface area contributed by atoms with Gasteiger partial charge in [0.1, 0.15) is 0 Å². The lowest BCUT2D eigenvalue weighted by Gasteiger charge is -2.20. The van der Waals surface area contributed by atoms with Crippen molar-refractivity contribution < 1.29 is 17.6 Å². The first-order chi connectivity index (χ1) is 11.3. The zero-order chi connectivity index (χ0) is 17.7. The van der Waals surface area contributed by atoms with E-state index >= 15 is 0 Å². The van der Waals surface area contributed by atoms with Crippen LogP contribution in [0.2, 0.25) is 0 Å². The minimum atomic E-state index is -4.50. The second-order valence-corrected chi connectivity index (χ2v) is 5.51. The maximum Gasteiger partial charge on any atom is 0.434 e. The zero-order valence-electron chi connectivity index (χ0n) is 13.1. The molecule has 0 bridgehead atoms. The molecule has 1 aromatic heterocycles. The summed E-state index contributed by atoms with van der Waals surface area (Å²) >= 11 is 0. The highest BCUT2D eigenvalue weighted by molar-refractivity contribution is 5.65. The molecule has 1 unspecified atom stereocenters. The third kappa shape index (κ3) is 4.60. The number of nitrogens with two attached hydrogens (primary N) is 1. The summed E-state index contributed by atoms with van der Waals surface area (Å²) in [4.78, 5) is 11.0. The normalized spacial score (nSPS) is 13.0. The third-order valence-corrected chi connectivity index (χ3v) is 3.50. The number of hydrogen-bond acceptors (Lipinski definition) is 5. The molecule has 0 saturated heterocycles. The summed E-state index contributed by atoms with van der Waals surface area (Å²) in [5.41, 5.74) is 4.84. The van der Waals surface area contributed by atoms with E-state index in [-0.39, 0.29) is 23.2 Å². The number of halogens is 3. The summed E-state index contributed by atoms with van der Waals surface area (Å²) in [6, 6.07) is 3.27. The molecule has 0 aliphatic rings. The predicted molar refractivity (Wildman–Crippen MR) is 83.6 cm³/mol. The Balaban J connectivity index is 2.29. The molecule has 0 aliphatic carbocycles. The molecule has 1 heterocycles. The second kappa shape index (κ2) is 7.52. The van der Waals surface area contributed by atoms with Gasteiger partial charge in [-0.25, -0.2) is 9.89 Å². The summed E-state index contributed by atoms with van der Waals surface area (Å²) in [6.45, 7) is 2.35. The van der Waals surface area contributed by atoms with E-state index in [2.05, 4.69) is 15.5 Å². The molecular formula is C15H19F3N4O2. The molecule has 9 heteroatoms. The van der Waals surface area contributed by atoms with E-state index < -0.39 is 17.5 Å². The molecule has 0 saturated carbocycles. The van der Waals surface area contributed by atoms with Gasteiger partial charge in [-0.3, -0.25) is 0 Å². The topological polar surface area (TPSA) is 96.9 Å². The number of aromatic nitrogens is 2. The van der Waals surface area contributed by atoms with Gasteiger partial charge in [-0.05, 0) is 44.5 Å². The minimum Gasteiger partial charge on any atom is -0.388 e. The first kappa shape index (κ1) is 18.1. The highest BCUT2D eigenvalue weighted by Gasteiger charge is 2.34. The SMILES string of the molecule is CC(CCCCN)Nc1cc(-c2n[nH]c(=O)o2)ccc1C(F)(F)F. The Hall–Kier alpha value is -2.29. The van der Waals surface area contributed by atoms with Crippen LogP contribution in [0, 0.1) is 0 Å². The number of H-pyrrole nitrogens is 1. The van der Waals surface area contributed by atoms with Crippen molar-refractivity contribution in [3.63, 3.8) is 0 Å². The molecular weight excluding hydrogens is 325 g/mol. The number of anilines is 1. The van der Waals surface area contributed by atoms with Gasteiger partial charge in [-0.2, -0.15) is 13.2 Å². The number of aromatic amines is 1. The summed E-state index contributed by atoms with van der Waals surface area (Å²) in [7, 11) is 0. The average molecular weight is 344 g/mol. The van der Waals surface area contributed by atoms with E-state index in [9.17, 15) is 18.0 Å². The number of benzene rings is 1. The van der Waals surface area contributed by atoms with Crippen LogP contribution in [0.1, 0.15) is 31.7 Å². The van der Waals surface area contributed by atoms with Crippen molar-refractivity contribution in [3.8, 4) is 11.5 Å². The van der Waals surface area contributed by atoms with Crippen LogP contribution in [0.15, 0.2) is 27.4 Å². The Kier molecular flexibility index (Phi) is 5.66. The Bertz CT molecular complexity index is 724. The molecule has 1 aromatic carbocycles. The van der Waals surface area contributed by atoms with E-state index in [1.165, 1.54) is 12.1 Å². The summed E-state index contributed by atoms with van der Waals surface area (Å²) in [5, 5.41) is 8.59. The van der Waals surface area contributed by atoms with Crippen molar-refractivity contribution in [2.45, 2.75) is 38.4 Å². The highest BCUT2D eigenvalue weighted by Crippen LogP contribution is 2.37. The number of rotatable bonds is 7. The molecule has 0 fully saturated rings. The lowest BCUT2D eigenvalue weighted by Crippen LogP contribution is -2.19. The summed E-state index contributed by atoms with van der Waals surface area (Å²) in [5.74, 6) is -0.831. The van der Waals surface area contributed by atoms with Crippen LogP contribution in [0.25, 0.3) is 11.5 Å². The van der Waals surface area contributed by atoms with Crippen LogP contribution in [-0.2, 0) is 6.18 Å². The van der Waals surface area contributed by atoms with Crippen molar-refractivity contribution in [1.82, 2.24) is 10.2 Å². The van der Waals surface area contributed by atoms with Gasteiger partial charge in [0.2, 0.25) is 5.89 Å². The van der Waals surface area contributed by atoms with Crippen LogP contribution >= 0.6 is 0 Å². The molecule has 0 spiro atoms. The molecule has 24 heavy (non-hydrogen) atoms. The first-order valence-corrected chi connectivity index (χ1v) is 7.55. The fraction of sp³-hybridized carbons (Fsp3) is 0.467. The van der Waals surface area contributed by atoms with E-state index in [0.717, 1.165) is 18.9 Å². The van der Waals surface area contributed by atoms with Crippen LogP contribution in [0.4, 0.5) is 18.9 Å². The Morgan fingerprint density at radius 3 is 2.71 bits per heavy atom. The quantitative estimate of drug-likeness (QED) is 0.671. The maximum absolute atomic E-state index is 13.2. The van der Waals surface area contributed by atoms with Crippen molar-refractivity contribution in [2.24, 2.45) is 5.73 Å². The lowest BCUT2D eigenvalue weighted by molar-refractivity contribution is -0.137. The summed E-state index contributed by atoms with van der Waals surface area (Å²) < 4.78 is 44.4. The van der Waals surface area contributed by atoms with Crippen molar-refractivity contribution >= 4 is 5.69 Å². The zero-order valence-corrected chi connectivity index (χ0v) is 13.1. The fourth-order valence-corrected chi connectivity index (χ4v) is 2.33. The molecule has 6 nitrogen and oxygen atoms in total. The first-order valence-electron chi connectivity index (χ1n) is 7.55. The van der Waals surface area contributed by atoms with Gasteiger partial charge in [0.25, 0.3) is 0 Å². The van der Waals surface area contributed by atoms with Crippen LogP contribution in [0.5, 0.6) is 0 Å². The van der Waals surface area contributed by atoms with Gasteiger partial charge in [0.05, 0.1) is 5.56 Å². The van der Waals surface area contributed by atoms with E-state index in [4.69, 9.17) is 10.2 Å². The molecule has 0 aliphatic heterocycles. The lowest BCUT2D eigenvalue weighted by atomic mass is 10.1. The minimum absolute atomic E-state index is 0.0624. The van der Waals surface area contributed by atoms with Crippen LogP contribution in [-0.4, -0.2) is 22.8 Å². The molecule has 132 valence electrons. The van der Waals surface area contributed by atoms with Crippen LogP contribution in [0.3, 0.4) is 0 Å². The van der Waals surface area contributed by atoms with Gasteiger partial charge in [-0.15, -0.1) is 5.10 Å². The number of alkyl halides is 3. The largest absolute Gasteiger partial charge is 0.434 e. The van der Waals surface area contributed by atoms with Crippen molar-refractivity contribution in [3.05, 3.63) is 34.3 Å². The Morgan fingerprint density at radius 1 is 1.38 bits per heavy atom. The van der Waals surface area contributed by atoms with E-state index in [1.54, 1.807) is 6.92 Å². The average Bonchev–Trinajstić information content (AvgIpc) is 2.93. The number of nitrogens with one attached hydrogen (secondary N) is 2. The van der Waals surface area contributed by atoms with E-state index in [1.807, 2.05) is 0 Å².